The first-order valence-electron chi connectivity index (χ1n) is 8.90. The van der Waals surface area contributed by atoms with Gasteiger partial charge in [0.05, 0.1) is 0 Å². The molecular weight excluding hydrogens is 481 g/mol. The molecule has 4 rings (SSSR count). The Hall–Kier alpha value is -3.01. The molecule has 3 aromatic rings. The molecule has 0 saturated carbocycles. The van der Waals surface area contributed by atoms with Crippen LogP contribution in [0.15, 0.2) is 61.8 Å². The molecule has 29 heavy (non-hydrogen) atoms. The molecular formula is C21H19IN5O2-. The van der Waals surface area contributed by atoms with Crippen LogP contribution in [-0.2, 0) is 0 Å². The molecule has 8 heteroatoms. The second kappa shape index (κ2) is 8.56. The van der Waals surface area contributed by atoms with Crippen LogP contribution < -0.4 is 31.5 Å². The summed E-state index contributed by atoms with van der Waals surface area (Å²) in [7, 11) is 1.62. The van der Waals surface area contributed by atoms with Gasteiger partial charge in [-0.3, -0.25) is 0 Å². The molecule has 0 unspecified atom stereocenters. The van der Waals surface area contributed by atoms with Crippen molar-refractivity contribution in [3.63, 3.8) is 0 Å². The molecule has 0 radical (unpaired) electrons. The molecule has 1 aliphatic rings. The standard InChI is InChI=1S/C21H19IN5O2/c1-13-3-4-14(9-22-27-13)10-24-21-17-7-15(18-6-5-16(28)11-23-18)8-19(29-2)20(17)25-12-26-21/h3-9,11-12,28H,10H2,1-2H3,(H,24,25,26)/q-1. The number of methoxy groups -OCH3 is 1. The monoisotopic (exact) mass is 500 g/mol. The fourth-order valence-electron chi connectivity index (χ4n) is 2.88. The summed E-state index contributed by atoms with van der Waals surface area (Å²) in [5.41, 5.74) is 4.56. The Labute approximate surface area is 178 Å². The number of halogens is 1. The number of nitrogens with one attached hydrogen (secondary N) is 1. The maximum absolute atomic E-state index is 9.52. The van der Waals surface area contributed by atoms with Gasteiger partial charge in [0.15, 0.2) is 0 Å². The number of aromatic nitrogens is 3. The fraction of sp³-hybridized carbons (Fsp3) is 0.143. The van der Waals surface area contributed by atoms with Gasteiger partial charge in [-0.05, 0) is 0 Å². The van der Waals surface area contributed by atoms with Crippen molar-refractivity contribution in [1.82, 2.24) is 15.0 Å². The second-order valence-corrected chi connectivity index (χ2v) is 8.06. The van der Waals surface area contributed by atoms with Crippen LogP contribution in [0.4, 0.5) is 5.82 Å². The third kappa shape index (κ3) is 4.37. The van der Waals surface area contributed by atoms with Gasteiger partial charge in [0.2, 0.25) is 0 Å². The maximum atomic E-state index is 9.52. The molecule has 7 nitrogen and oxygen atoms in total. The summed E-state index contributed by atoms with van der Waals surface area (Å²) < 4.78 is 12.3. The predicted molar refractivity (Wildman–Crippen MR) is 110 cm³/mol. The number of rotatable bonds is 5. The third-order valence-corrected chi connectivity index (χ3v) is 6.45. The van der Waals surface area contributed by atoms with Crippen molar-refractivity contribution in [2.75, 3.05) is 19.0 Å². The van der Waals surface area contributed by atoms with Crippen LogP contribution in [0.3, 0.4) is 0 Å². The van der Waals surface area contributed by atoms with Crippen LogP contribution in [0, 0.1) is 0 Å². The van der Waals surface area contributed by atoms with E-state index in [1.807, 2.05) is 25.1 Å². The Kier molecular flexibility index (Phi) is 5.70. The Morgan fingerprint density at radius 2 is 2.03 bits per heavy atom. The van der Waals surface area contributed by atoms with E-state index in [-0.39, 0.29) is 27.2 Å². The van der Waals surface area contributed by atoms with E-state index in [0.29, 0.717) is 12.3 Å². The molecule has 2 aromatic heterocycles. The van der Waals surface area contributed by atoms with E-state index in [4.69, 9.17) is 4.74 Å². The Balaban J connectivity index is 1.70. The van der Waals surface area contributed by atoms with Crippen LogP contribution >= 0.6 is 0 Å². The van der Waals surface area contributed by atoms with E-state index in [2.05, 4.69) is 33.6 Å². The van der Waals surface area contributed by atoms with Crippen LogP contribution in [-0.4, -0.2) is 39.4 Å². The number of anilines is 1. The van der Waals surface area contributed by atoms with E-state index in [1.54, 1.807) is 19.2 Å². The topological polar surface area (TPSA) is 92.5 Å². The van der Waals surface area contributed by atoms with E-state index < -0.39 is 0 Å². The van der Waals surface area contributed by atoms with Crippen molar-refractivity contribution in [3.8, 4) is 22.8 Å². The van der Waals surface area contributed by atoms with Gasteiger partial charge < -0.3 is 5.11 Å². The Morgan fingerprint density at radius 1 is 1.14 bits per heavy atom. The number of hydrogen-bond acceptors (Lipinski definition) is 7. The van der Waals surface area contributed by atoms with Crippen molar-refractivity contribution >= 4 is 22.4 Å². The molecule has 0 atom stereocenters. The average molecular weight is 500 g/mol. The number of aromatic hydroxyl groups is 1. The van der Waals surface area contributed by atoms with Gasteiger partial charge in [-0.1, -0.05) is 0 Å². The Bertz CT molecular complexity index is 1140. The number of ether oxygens (including phenoxy) is 1. The van der Waals surface area contributed by atoms with Gasteiger partial charge in [0.1, 0.15) is 0 Å². The summed E-state index contributed by atoms with van der Waals surface area (Å²) in [6, 6.07) is 7.24. The van der Waals surface area contributed by atoms with Gasteiger partial charge >= 0.3 is 174 Å². The summed E-state index contributed by atoms with van der Waals surface area (Å²) in [5, 5.41) is 13.8. The molecule has 3 heterocycles. The molecule has 0 spiro atoms. The zero-order valence-electron chi connectivity index (χ0n) is 15.9. The molecule has 0 aliphatic carbocycles. The molecule has 148 valence electrons. The van der Waals surface area contributed by atoms with Crippen molar-refractivity contribution in [2.24, 2.45) is 3.21 Å². The minimum atomic E-state index is -0.316. The van der Waals surface area contributed by atoms with E-state index >= 15 is 0 Å². The van der Waals surface area contributed by atoms with E-state index in [1.165, 1.54) is 18.1 Å². The number of allylic oxidation sites excluding steroid dienone is 1. The van der Waals surface area contributed by atoms with Crippen LogP contribution in [0.1, 0.15) is 6.92 Å². The minimum absolute atomic E-state index is 0.124. The number of benzene rings is 1. The predicted octanol–water partition coefficient (Wildman–Crippen LogP) is 0.736. The van der Waals surface area contributed by atoms with Gasteiger partial charge in [0, 0.05) is 0 Å². The summed E-state index contributed by atoms with van der Waals surface area (Å²) in [4.78, 5) is 13.2. The van der Waals surface area contributed by atoms with Gasteiger partial charge in [-0.25, -0.2) is 0 Å². The van der Waals surface area contributed by atoms with Crippen molar-refractivity contribution in [2.45, 2.75) is 6.92 Å². The average Bonchev–Trinajstić information content (AvgIpc) is 2.96. The van der Waals surface area contributed by atoms with Crippen LogP contribution in [0.5, 0.6) is 11.5 Å². The van der Waals surface area contributed by atoms with Crippen LogP contribution in [0.2, 0.25) is 0 Å². The third-order valence-electron chi connectivity index (χ3n) is 4.34. The molecule has 0 amide bonds. The fourth-order valence-corrected chi connectivity index (χ4v) is 4.40. The van der Waals surface area contributed by atoms with Crippen molar-refractivity contribution < 1.29 is 31.3 Å². The number of nitrogens with zero attached hydrogens (tertiary/aromatic N) is 4. The van der Waals surface area contributed by atoms with Crippen molar-refractivity contribution in [1.29, 1.82) is 0 Å². The first kappa shape index (κ1) is 19.3. The van der Waals surface area contributed by atoms with Crippen molar-refractivity contribution in [3.05, 3.63) is 58.6 Å². The first-order chi connectivity index (χ1) is 14.1. The van der Waals surface area contributed by atoms with E-state index in [9.17, 15) is 5.11 Å². The molecule has 1 aliphatic heterocycles. The number of pyridine rings is 1. The summed E-state index contributed by atoms with van der Waals surface area (Å²) in [6.07, 6.45) is 7.08. The molecule has 0 saturated heterocycles. The normalized spacial score (nSPS) is 13.9. The first-order valence-corrected chi connectivity index (χ1v) is 11.1. The SMILES string of the molecule is COc1cc(-c2ccc(O)cn2)cc2c(NCC3=C[I-]N=C(C)C=C3)ncnc12. The number of fused-ring (bicyclic) bond motifs is 1. The van der Waals surface area contributed by atoms with Crippen LogP contribution in [0.25, 0.3) is 22.2 Å². The quantitative estimate of drug-likeness (QED) is 0.503. The van der Waals surface area contributed by atoms with Gasteiger partial charge in [-0.15, -0.1) is 0 Å². The van der Waals surface area contributed by atoms with Gasteiger partial charge in [0.25, 0.3) is 0 Å². The summed E-state index contributed by atoms with van der Waals surface area (Å²) >= 11 is -0.316. The molecule has 1 aromatic carbocycles. The Morgan fingerprint density at radius 3 is 2.83 bits per heavy atom. The molecule has 0 bridgehead atoms. The summed E-state index contributed by atoms with van der Waals surface area (Å²) in [6.45, 7) is 2.67. The molecule has 2 N–H and O–H groups in total. The molecule has 0 fully saturated rings. The van der Waals surface area contributed by atoms with Gasteiger partial charge in [-0.2, -0.15) is 0 Å². The number of hydrogen-bond donors (Lipinski definition) is 2. The second-order valence-electron chi connectivity index (χ2n) is 6.39. The zero-order chi connectivity index (χ0) is 20.2. The zero-order valence-corrected chi connectivity index (χ0v) is 18.1. The summed E-state index contributed by atoms with van der Waals surface area (Å²) in [5.74, 6) is 1.49. The van der Waals surface area contributed by atoms with E-state index in [0.717, 1.165) is 33.7 Å².